The normalized spacial score (nSPS) is 16.5. The van der Waals surface area contributed by atoms with E-state index in [9.17, 15) is 10.1 Å². The standard InChI is InChI=1S/C16H19N3O2/c20-19(21)16-14(17-15-10-6-7-11-18(15)16)12-13-8-4-2-1-3-5-9-13/h6-7,10-12H,1-5,8-9H2. The lowest BCUT2D eigenvalue weighted by atomic mass is 9.95. The lowest BCUT2D eigenvalue weighted by Crippen LogP contribution is -1.96. The molecule has 0 radical (unpaired) electrons. The number of hydrogen-bond donors (Lipinski definition) is 0. The average Bonchev–Trinajstić information content (AvgIpc) is 2.79. The number of allylic oxidation sites excluding steroid dienone is 1. The minimum Gasteiger partial charge on any atom is -0.358 e. The van der Waals surface area contributed by atoms with Crippen molar-refractivity contribution in [3.8, 4) is 0 Å². The van der Waals surface area contributed by atoms with Crippen LogP contribution in [0.1, 0.15) is 50.6 Å². The summed E-state index contributed by atoms with van der Waals surface area (Å²) in [5, 5.41) is 11.4. The molecule has 21 heavy (non-hydrogen) atoms. The highest BCUT2D eigenvalue weighted by atomic mass is 16.6. The Hall–Kier alpha value is -2.17. The van der Waals surface area contributed by atoms with E-state index < -0.39 is 0 Å². The molecule has 1 fully saturated rings. The molecule has 0 atom stereocenters. The van der Waals surface area contributed by atoms with Gasteiger partial charge in [-0.1, -0.05) is 30.9 Å². The van der Waals surface area contributed by atoms with Crippen LogP contribution in [0.5, 0.6) is 0 Å². The molecule has 5 nitrogen and oxygen atoms in total. The second-order valence-corrected chi connectivity index (χ2v) is 5.58. The predicted molar refractivity (Wildman–Crippen MR) is 82.1 cm³/mol. The number of hydrogen-bond acceptors (Lipinski definition) is 3. The first-order valence-corrected chi connectivity index (χ1v) is 7.56. The van der Waals surface area contributed by atoms with Gasteiger partial charge in [-0.05, 0) is 42.7 Å². The molecule has 0 saturated heterocycles. The van der Waals surface area contributed by atoms with E-state index in [4.69, 9.17) is 0 Å². The molecule has 0 N–H and O–H groups in total. The molecule has 2 aromatic heterocycles. The molecular weight excluding hydrogens is 266 g/mol. The fourth-order valence-electron chi connectivity index (χ4n) is 2.98. The summed E-state index contributed by atoms with van der Waals surface area (Å²) in [7, 11) is 0. The summed E-state index contributed by atoms with van der Waals surface area (Å²) in [4.78, 5) is 15.5. The quantitative estimate of drug-likeness (QED) is 0.608. The highest BCUT2D eigenvalue weighted by molar-refractivity contribution is 5.63. The fraction of sp³-hybridized carbons (Fsp3) is 0.438. The molecule has 5 heteroatoms. The largest absolute Gasteiger partial charge is 0.358 e. The zero-order chi connectivity index (χ0) is 14.7. The first-order valence-electron chi connectivity index (χ1n) is 7.56. The van der Waals surface area contributed by atoms with Crippen LogP contribution >= 0.6 is 0 Å². The van der Waals surface area contributed by atoms with Crippen molar-refractivity contribution in [2.75, 3.05) is 0 Å². The molecule has 110 valence electrons. The first kappa shape index (κ1) is 13.8. The van der Waals surface area contributed by atoms with E-state index >= 15 is 0 Å². The van der Waals surface area contributed by atoms with Gasteiger partial charge >= 0.3 is 5.82 Å². The number of nitro groups is 1. The molecule has 0 aromatic carbocycles. The number of nitrogens with zero attached hydrogens (tertiary/aromatic N) is 3. The second-order valence-electron chi connectivity index (χ2n) is 5.58. The van der Waals surface area contributed by atoms with Crippen molar-refractivity contribution >= 4 is 17.5 Å². The van der Waals surface area contributed by atoms with E-state index in [0.717, 1.165) is 12.8 Å². The summed E-state index contributed by atoms with van der Waals surface area (Å²) < 4.78 is 1.55. The molecule has 0 unspecified atom stereocenters. The lowest BCUT2D eigenvalue weighted by Gasteiger charge is -2.11. The molecule has 3 rings (SSSR count). The smallest absolute Gasteiger partial charge is 0.355 e. The third-order valence-corrected chi connectivity index (χ3v) is 4.04. The Kier molecular flexibility index (Phi) is 3.99. The van der Waals surface area contributed by atoms with Crippen molar-refractivity contribution in [1.82, 2.24) is 9.38 Å². The fourth-order valence-corrected chi connectivity index (χ4v) is 2.98. The van der Waals surface area contributed by atoms with Crippen LogP contribution in [0.4, 0.5) is 5.82 Å². The summed E-state index contributed by atoms with van der Waals surface area (Å²) in [5.41, 5.74) is 2.41. The van der Waals surface area contributed by atoms with E-state index in [1.165, 1.54) is 37.7 Å². The van der Waals surface area contributed by atoms with Crippen LogP contribution < -0.4 is 0 Å². The summed E-state index contributed by atoms with van der Waals surface area (Å²) in [6.07, 6.45) is 11.9. The minimum atomic E-state index is -0.338. The van der Waals surface area contributed by atoms with Gasteiger partial charge < -0.3 is 10.1 Å². The Balaban J connectivity index is 2.02. The van der Waals surface area contributed by atoms with Crippen LogP contribution in [0, 0.1) is 10.1 Å². The molecule has 0 bridgehead atoms. The number of rotatable bonds is 2. The van der Waals surface area contributed by atoms with Crippen LogP contribution in [0.25, 0.3) is 11.7 Å². The van der Waals surface area contributed by atoms with E-state index in [2.05, 4.69) is 4.98 Å². The average molecular weight is 285 g/mol. The van der Waals surface area contributed by atoms with Crippen molar-refractivity contribution < 1.29 is 4.92 Å². The van der Waals surface area contributed by atoms with E-state index in [1.807, 2.05) is 12.1 Å². The van der Waals surface area contributed by atoms with Gasteiger partial charge in [-0.3, -0.25) is 0 Å². The monoisotopic (exact) mass is 285 g/mol. The maximum atomic E-state index is 11.4. The summed E-state index contributed by atoms with van der Waals surface area (Å²) in [6, 6.07) is 5.43. The van der Waals surface area contributed by atoms with Gasteiger partial charge in [0.05, 0.1) is 6.20 Å². The van der Waals surface area contributed by atoms with Gasteiger partial charge in [-0.15, -0.1) is 0 Å². The van der Waals surface area contributed by atoms with Gasteiger partial charge in [-0.2, -0.15) is 4.40 Å². The van der Waals surface area contributed by atoms with Gasteiger partial charge in [0.1, 0.15) is 0 Å². The van der Waals surface area contributed by atoms with Crippen LogP contribution in [0.3, 0.4) is 0 Å². The molecule has 0 spiro atoms. The molecule has 1 aliphatic carbocycles. The third-order valence-electron chi connectivity index (χ3n) is 4.04. The number of fused-ring (bicyclic) bond motifs is 1. The summed E-state index contributed by atoms with van der Waals surface area (Å²) in [5.74, 6) is 0.0696. The van der Waals surface area contributed by atoms with E-state index in [-0.39, 0.29) is 10.7 Å². The van der Waals surface area contributed by atoms with E-state index in [0.29, 0.717) is 11.3 Å². The Bertz CT molecular complexity index is 678. The van der Waals surface area contributed by atoms with E-state index in [1.54, 1.807) is 22.7 Å². The molecule has 1 aliphatic rings. The van der Waals surface area contributed by atoms with Crippen molar-refractivity contribution in [1.29, 1.82) is 0 Å². The van der Waals surface area contributed by atoms with Crippen LogP contribution in [0.2, 0.25) is 0 Å². The zero-order valence-corrected chi connectivity index (χ0v) is 12.0. The van der Waals surface area contributed by atoms with Gasteiger partial charge in [-0.25, -0.2) is 4.98 Å². The molecular formula is C16H19N3O2. The number of pyridine rings is 1. The van der Waals surface area contributed by atoms with Gasteiger partial charge in [0, 0.05) is 6.07 Å². The van der Waals surface area contributed by atoms with Crippen molar-refractivity contribution in [2.24, 2.45) is 0 Å². The van der Waals surface area contributed by atoms with Crippen molar-refractivity contribution in [3.05, 3.63) is 45.8 Å². The SMILES string of the molecule is O=[N+]([O-])c1c(C=C2CCCCCCC2)nc2ccccn12. The third kappa shape index (κ3) is 2.96. The van der Waals surface area contributed by atoms with Crippen LogP contribution in [-0.4, -0.2) is 14.3 Å². The maximum Gasteiger partial charge on any atom is 0.355 e. The Morgan fingerprint density at radius 3 is 2.57 bits per heavy atom. The topological polar surface area (TPSA) is 60.4 Å². The maximum absolute atomic E-state index is 11.4. The highest BCUT2D eigenvalue weighted by Gasteiger charge is 2.21. The number of imidazole rings is 1. The molecule has 0 amide bonds. The Labute approximate surface area is 123 Å². The first-order chi connectivity index (χ1) is 10.3. The number of aromatic nitrogens is 2. The lowest BCUT2D eigenvalue weighted by molar-refractivity contribution is -0.390. The van der Waals surface area contributed by atoms with Gasteiger partial charge in [0.15, 0.2) is 5.69 Å². The molecule has 1 saturated carbocycles. The van der Waals surface area contributed by atoms with Gasteiger partial charge in [0.25, 0.3) is 0 Å². The molecule has 0 aliphatic heterocycles. The van der Waals surface area contributed by atoms with Crippen LogP contribution in [0.15, 0.2) is 30.0 Å². The minimum absolute atomic E-state index is 0.0696. The predicted octanol–water partition coefficient (Wildman–Crippen LogP) is 4.37. The second kappa shape index (κ2) is 6.08. The molecule has 2 aromatic rings. The Morgan fingerprint density at radius 2 is 1.86 bits per heavy atom. The zero-order valence-electron chi connectivity index (χ0n) is 12.0. The van der Waals surface area contributed by atoms with Crippen molar-refractivity contribution in [3.63, 3.8) is 0 Å². The van der Waals surface area contributed by atoms with Crippen LogP contribution in [-0.2, 0) is 0 Å². The van der Waals surface area contributed by atoms with Crippen molar-refractivity contribution in [2.45, 2.75) is 44.9 Å². The van der Waals surface area contributed by atoms with Gasteiger partial charge in [0.2, 0.25) is 5.65 Å². The molecule has 2 heterocycles. The summed E-state index contributed by atoms with van der Waals surface area (Å²) >= 11 is 0. The highest BCUT2D eigenvalue weighted by Crippen LogP contribution is 2.27. The summed E-state index contributed by atoms with van der Waals surface area (Å²) in [6.45, 7) is 0. The Morgan fingerprint density at radius 1 is 1.14 bits per heavy atom.